The number of aryl methyl sites for hydroxylation is 1. The van der Waals surface area contributed by atoms with Crippen LogP contribution in [0.1, 0.15) is 40.2 Å². The lowest BCUT2D eigenvalue weighted by atomic mass is 9.85. The molecule has 1 aromatic carbocycles. The van der Waals surface area contributed by atoms with Gasteiger partial charge in [-0.3, -0.25) is 4.79 Å². The fourth-order valence-electron chi connectivity index (χ4n) is 3.39. The molecule has 3 rings (SSSR count). The third-order valence-electron chi connectivity index (χ3n) is 4.83. The summed E-state index contributed by atoms with van der Waals surface area (Å²) >= 11 is 0. The van der Waals surface area contributed by atoms with E-state index in [1.165, 1.54) is 18.2 Å². The molecule has 1 unspecified atom stereocenters. The maximum absolute atomic E-state index is 12.0. The summed E-state index contributed by atoms with van der Waals surface area (Å²) in [4.78, 5) is 16.4. The van der Waals surface area contributed by atoms with Gasteiger partial charge in [0, 0.05) is 24.7 Å². The Labute approximate surface area is 148 Å². The Bertz CT molecular complexity index is 774. The molecule has 2 heterocycles. The summed E-state index contributed by atoms with van der Waals surface area (Å²) in [7, 11) is 3.03. The van der Waals surface area contributed by atoms with Crippen LogP contribution in [0.3, 0.4) is 0 Å². The summed E-state index contributed by atoms with van der Waals surface area (Å²) in [6, 6.07) is 8.42. The van der Waals surface area contributed by atoms with E-state index in [0.29, 0.717) is 5.88 Å². The van der Waals surface area contributed by atoms with Gasteiger partial charge in [0.25, 0.3) is 0 Å². The summed E-state index contributed by atoms with van der Waals surface area (Å²) in [5, 5.41) is 3.40. The highest BCUT2D eigenvalue weighted by molar-refractivity contribution is 5.71. The largest absolute Gasteiger partial charge is 0.481 e. The highest BCUT2D eigenvalue weighted by Crippen LogP contribution is 2.33. The molecule has 0 saturated heterocycles. The van der Waals surface area contributed by atoms with Gasteiger partial charge in [0.05, 0.1) is 20.6 Å². The first-order valence-corrected chi connectivity index (χ1v) is 8.52. The molecule has 1 aliphatic rings. The SMILES string of the molecule is COC(=O)CC(c1ccc2c(c1)CNCC2)c1cnc(OC)cc1C. The summed E-state index contributed by atoms with van der Waals surface area (Å²) in [5.41, 5.74) is 5.87. The number of benzene rings is 1. The maximum Gasteiger partial charge on any atom is 0.306 e. The second-order valence-corrected chi connectivity index (χ2v) is 6.37. The zero-order valence-electron chi connectivity index (χ0n) is 15.0. The number of carbonyl (C=O) groups is 1. The van der Waals surface area contributed by atoms with Crippen molar-refractivity contribution >= 4 is 5.97 Å². The van der Waals surface area contributed by atoms with Gasteiger partial charge in [-0.2, -0.15) is 0 Å². The number of nitrogens with one attached hydrogen (secondary N) is 1. The summed E-state index contributed by atoms with van der Waals surface area (Å²) in [6.45, 7) is 3.90. The molecule has 25 heavy (non-hydrogen) atoms. The monoisotopic (exact) mass is 340 g/mol. The molecule has 1 aliphatic heterocycles. The van der Waals surface area contributed by atoms with Gasteiger partial charge in [-0.05, 0) is 47.7 Å². The van der Waals surface area contributed by atoms with E-state index in [1.54, 1.807) is 13.3 Å². The Morgan fingerprint density at radius 3 is 2.84 bits per heavy atom. The number of hydrogen-bond donors (Lipinski definition) is 1. The van der Waals surface area contributed by atoms with E-state index in [0.717, 1.165) is 36.2 Å². The van der Waals surface area contributed by atoms with E-state index < -0.39 is 0 Å². The molecule has 0 radical (unpaired) electrons. The summed E-state index contributed by atoms with van der Waals surface area (Å²) in [6.07, 6.45) is 3.14. The number of hydrogen-bond acceptors (Lipinski definition) is 5. The van der Waals surface area contributed by atoms with Crippen LogP contribution in [-0.4, -0.2) is 31.7 Å². The van der Waals surface area contributed by atoms with Crippen molar-refractivity contribution < 1.29 is 14.3 Å². The summed E-state index contributed by atoms with van der Waals surface area (Å²) in [5.74, 6) is 0.266. The van der Waals surface area contributed by atoms with Crippen molar-refractivity contribution in [3.63, 3.8) is 0 Å². The number of aromatic nitrogens is 1. The molecule has 1 aromatic heterocycles. The Morgan fingerprint density at radius 2 is 2.12 bits per heavy atom. The predicted molar refractivity (Wildman–Crippen MR) is 95.9 cm³/mol. The van der Waals surface area contributed by atoms with Crippen LogP contribution in [0.25, 0.3) is 0 Å². The third-order valence-corrected chi connectivity index (χ3v) is 4.83. The number of esters is 1. The van der Waals surface area contributed by atoms with Crippen LogP contribution in [0, 0.1) is 6.92 Å². The molecule has 1 N–H and O–H groups in total. The van der Waals surface area contributed by atoms with Gasteiger partial charge < -0.3 is 14.8 Å². The Kier molecular flexibility index (Phi) is 5.34. The lowest BCUT2D eigenvalue weighted by molar-refractivity contribution is -0.140. The highest BCUT2D eigenvalue weighted by atomic mass is 16.5. The van der Waals surface area contributed by atoms with Crippen molar-refractivity contribution in [2.45, 2.75) is 32.2 Å². The quantitative estimate of drug-likeness (QED) is 0.848. The molecule has 0 bridgehead atoms. The average Bonchev–Trinajstić information content (AvgIpc) is 2.65. The van der Waals surface area contributed by atoms with Gasteiger partial charge in [0.2, 0.25) is 5.88 Å². The second-order valence-electron chi connectivity index (χ2n) is 6.37. The van der Waals surface area contributed by atoms with Gasteiger partial charge >= 0.3 is 5.97 Å². The topological polar surface area (TPSA) is 60.5 Å². The molecule has 0 saturated carbocycles. The first kappa shape index (κ1) is 17.4. The molecule has 5 nitrogen and oxygen atoms in total. The van der Waals surface area contributed by atoms with Gasteiger partial charge in [-0.15, -0.1) is 0 Å². The Hall–Kier alpha value is -2.40. The van der Waals surface area contributed by atoms with Crippen LogP contribution in [-0.2, 0) is 22.5 Å². The van der Waals surface area contributed by atoms with E-state index in [9.17, 15) is 4.79 Å². The smallest absolute Gasteiger partial charge is 0.306 e. The van der Waals surface area contributed by atoms with Crippen molar-refractivity contribution in [1.82, 2.24) is 10.3 Å². The molecular formula is C20H24N2O3. The van der Waals surface area contributed by atoms with Crippen LogP contribution < -0.4 is 10.1 Å². The van der Waals surface area contributed by atoms with Gasteiger partial charge in [-0.1, -0.05) is 18.2 Å². The molecule has 2 aromatic rings. The van der Waals surface area contributed by atoms with Crippen molar-refractivity contribution in [3.05, 3.63) is 58.3 Å². The van der Waals surface area contributed by atoms with Crippen molar-refractivity contribution in [2.24, 2.45) is 0 Å². The fraction of sp³-hybridized carbons (Fsp3) is 0.400. The normalized spacial score (nSPS) is 14.5. The molecule has 132 valence electrons. The number of pyridine rings is 1. The minimum atomic E-state index is -0.226. The van der Waals surface area contributed by atoms with Crippen LogP contribution in [0.5, 0.6) is 5.88 Å². The van der Waals surface area contributed by atoms with Crippen LogP contribution >= 0.6 is 0 Å². The molecular weight excluding hydrogens is 316 g/mol. The van der Waals surface area contributed by atoms with Crippen molar-refractivity contribution in [2.75, 3.05) is 20.8 Å². The van der Waals surface area contributed by atoms with E-state index in [4.69, 9.17) is 9.47 Å². The Morgan fingerprint density at radius 1 is 1.28 bits per heavy atom. The molecule has 0 aliphatic carbocycles. The lowest BCUT2D eigenvalue weighted by Crippen LogP contribution is -2.24. The van der Waals surface area contributed by atoms with E-state index in [1.807, 2.05) is 13.0 Å². The number of ether oxygens (including phenoxy) is 2. The lowest BCUT2D eigenvalue weighted by Gasteiger charge is -2.23. The predicted octanol–water partition coefficient (Wildman–Crippen LogP) is 2.74. The first-order valence-electron chi connectivity index (χ1n) is 8.52. The fourth-order valence-corrected chi connectivity index (χ4v) is 3.39. The van der Waals surface area contributed by atoms with Gasteiger partial charge in [-0.25, -0.2) is 4.98 Å². The summed E-state index contributed by atoms with van der Waals surface area (Å²) < 4.78 is 10.1. The molecule has 5 heteroatoms. The van der Waals surface area contributed by atoms with E-state index >= 15 is 0 Å². The highest BCUT2D eigenvalue weighted by Gasteiger charge is 2.22. The van der Waals surface area contributed by atoms with E-state index in [-0.39, 0.29) is 18.3 Å². The number of rotatable bonds is 5. The van der Waals surface area contributed by atoms with Crippen LogP contribution in [0.2, 0.25) is 0 Å². The van der Waals surface area contributed by atoms with E-state index in [2.05, 4.69) is 28.5 Å². The molecule has 1 atom stereocenters. The molecule has 0 amide bonds. The van der Waals surface area contributed by atoms with Crippen molar-refractivity contribution in [1.29, 1.82) is 0 Å². The molecule has 0 fully saturated rings. The molecule has 0 spiro atoms. The number of fused-ring (bicyclic) bond motifs is 1. The van der Waals surface area contributed by atoms with Gasteiger partial charge in [0.1, 0.15) is 0 Å². The third kappa shape index (κ3) is 3.82. The minimum Gasteiger partial charge on any atom is -0.481 e. The van der Waals surface area contributed by atoms with Crippen molar-refractivity contribution in [3.8, 4) is 5.88 Å². The standard InChI is InChI=1S/C20H24N2O3/c1-13-8-19(24-2)22-12-18(13)17(10-20(23)25-3)15-5-4-14-6-7-21-11-16(14)9-15/h4-5,8-9,12,17,21H,6-7,10-11H2,1-3H3. The zero-order valence-corrected chi connectivity index (χ0v) is 15.0. The average molecular weight is 340 g/mol. The maximum atomic E-state index is 12.0. The minimum absolute atomic E-state index is 0.0851. The second kappa shape index (κ2) is 7.66. The number of methoxy groups -OCH3 is 2. The number of nitrogens with zero attached hydrogens (tertiary/aromatic N) is 1. The Balaban J connectivity index is 2.01. The number of carbonyl (C=O) groups excluding carboxylic acids is 1. The van der Waals surface area contributed by atoms with Gasteiger partial charge in [0.15, 0.2) is 0 Å². The first-order chi connectivity index (χ1) is 12.1. The van der Waals surface area contributed by atoms with Crippen LogP contribution in [0.4, 0.5) is 0 Å². The van der Waals surface area contributed by atoms with Crippen LogP contribution in [0.15, 0.2) is 30.5 Å². The zero-order chi connectivity index (χ0) is 17.8.